The highest BCUT2D eigenvalue weighted by atomic mass is 16.5. The van der Waals surface area contributed by atoms with Gasteiger partial charge in [0.15, 0.2) is 5.82 Å². The SMILES string of the molecule is COc1ccc(CN(C)[C@@H]2CN(C(=O)c3nccn3C)C[C@H]2O)cc1. The molecule has 0 aliphatic carbocycles. The number of benzene rings is 1. The Labute approximate surface area is 147 Å². The van der Waals surface area contributed by atoms with Gasteiger partial charge in [-0.05, 0) is 24.7 Å². The molecule has 0 radical (unpaired) electrons. The summed E-state index contributed by atoms with van der Waals surface area (Å²) in [6.07, 6.45) is 2.77. The summed E-state index contributed by atoms with van der Waals surface area (Å²) < 4.78 is 6.87. The van der Waals surface area contributed by atoms with Crippen molar-refractivity contribution in [1.82, 2.24) is 19.4 Å². The quantitative estimate of drug-likeness (QED) is 0.867. The first kappa shape index (κ1) is 17.4. The van der Waals surface area contributed by atoms with Crippen LogP contribution in [0.25, 0.3) is 0 Å². The number of hydrogen-bond donors (Lipinski definition) is 1. The summed E-state index contributed by atoms with van der Waals surface area (Å²) >= 11 is 0. The maximum absolute atomic E-state index is 12.6. The molecule has 2 heterocycles. The van der Waals surface area contributed by atoms with Crippen LogP contribution in [0.1, 0.15) is 16.2 Å². The summed E-state index contributed by atoms with van der Waals surface area (Å²) in [5, 5.41) is 10.4. The van der Waals surface area contributed by atoms with E-state index in [2.05, 4.69) is 9.88 Å². The van der Waals surface area contributed by atoms with Gasteiger partial charge in [-0.3, -0.25) is 9.69 Å². The van der Waals surface area contributed by atoms with Gasteiger partial charge >= 0.3 is 0 Å². The van der Waals surface area contributed by atoms with Gasteiger partial charge in [0.1, 0.15) is 5.75 Å². The number of amides is 1. The molecule has 7 nitrogen and oxygen atoms in total. The van der Waals surface area contributed by atoms with E-state index in [0.29, 0.717) is 25.5 Å². The van der Waals surface area contributed by atoms with Crippen molar-refractivity contribution in [3.05, 3.63) is 48.0 Å². The average molecular weight is 344 g/mol. The summed E-state index contributed by atoms with van der Waals surface area (Å²) in [5.41, 5.74) is 1.13. The summed E-state index contributed by atoms with van der Waals surface area (Å²) in [5.74, 6) is 1.07. The van der Waals surface area contributed by atoms with E-state index in [4.69, 9.17) is 4.74 Å². The van der Waals surface area contributed by atoms with E-state index in [1.54, 1.807) is 36.0 Å². The molecule has 1 aromatic heterocycles. The molecule has 1 aliphatic heterocycles. The van der Waals surface area contributed by atoms with Gasteiger partial charge in [-0.1, -0.05) is 12.1 Å². The van der Waals surface area contributed by atoms with Crippen molar-refractivity contribution >= 4 is 5.91 Å². The number of aryl methyl sites for hydroxylation is 1. The van der Waals surface area contributed by atoms with Crippen LogP contribution in [0.5, 0.6) is 5.75 Å². The fourth-order valence-corrected chi connectivity index (χ4v) is 3.22. The van der Waals surface area contributed by atoms with Gasteiger partial charge in [0.2, 0.25) is 0 Å². The first-order valence-corrected chi connectivity index (χ1v) is 8.27. The predicted octanol–water partition coefficient (Wildman–Crippen LogP) is 0.746. The minimum Gasteiger partial charge on any atom is -0.497 e. The lowest BCUT2D eigenvalue weighted by molar-refractivity contribution is 0.0748. The van der Waals surface area contributed by atoms with Crippen LogP contribution in [0.15, 0.2) is 36.7 Å². The highest BCUT2D eigenvalue weighted by molar-refractivity contribution is 5.91. The number of imidazole rings is 1. The van der Waals surface area contributed by atoms with Crippen LogP contribution < -0.4 is 4.74 Å². The Balaban J connectivity index is 1.64. The fraction of sp³-hybridized carbons (Fsp3) is 0.444. The number of ether oxygens (including phenoxy) is 1. The Morgan fingerprint density at radius 1 is 1.36 bits per heavy atom. The number of carbonyl (C=O) groups excluding carboxylic acids is 1. The zero-order chi connectivity index (χ0) is 18.0. The summed E-state index contributed by atoms with van der Waals surface area (Å²) in [6, 6.07) is 7.75. The molecule has 7 heteroatoms. The van der Waals surface area contributed by atoms with E-state index in [9.17, 15) is 9.90 Å². The number of nitrogens with zero attached hydrogens (tertiary/aromatic N) is 4. The molecule has 1 aliphatic rings. The molecule has 134 valence electrons. The zero-order valence-corrected chi connectivity index (χ0v) is 14.8. The van der Waals surface area contributed by atoms with E-state index < -0.39 is 6.10 Å². The molecule has 0 unspecified atom stereocenters. The molecular weight excluding hydrogens is 320 g/mol. The molecule has 1 amide bonds. The van der Waals surface area contributed by atoms with Crippen LogP contribution in [0.2, 0.25) is 0 Å². The Hall–Kier alpha value is -2.38. The van der Waals surface area contributed by atoms with Crippen molar-refractivity contribution in [2.24, 2.45) is 7.05 Å². The second-order valence-electron chi connectivity index (χ2n) is 6.47. The molecule has 0 spiro atoms. The monoisotopic (exact) mass is 344 g/mol. The molecule has 0 bridgehead atoms. The van der Waals surface area contributed by atoms with Crippen molar-refractivity contribution in [3.63, 3.8) is 0 Å². The predicted molar refractivity (Wildman–Crippen MR) is 93.4 cm³/mol. The number of likely N-dealkylation sites (N-methyl/N-ethyl adjacent to an activating group) is 1. The number of carbonyl (C=O) groups is 1. The van der Waals surface area contributed by atoms with Crippen molar-refractivity contribution in [1.29, 1.82) is 0 Å². The summed E-state index contributed by atoms with van der Waals surface area (Å²) in [7, 11) is 5.40. The number of aliphatic hydroxyl groups is 1. The van der Waals surface area contributed by atoms with E-state index in [-0.39, 0.29) is 11.9 Å². The first-order valence-electron chi connectivity index (χ1n) is 8.27. The molecule has 1 fully saturated rings. The van der Waals surface area contributed by atoms with Crippen molar-refractivity contribution in [3.8, 4) is 5.75 Å². The van der Waals surface area contributed by atoms with Crippen LogP contribution >= 0.6 is 0 Å². The largest absolute Gasteiger partial charge is 0.497 e. The third-order valence-electron chi connectivity index (χ3n) is 4.72. The Morgan fingerprint density at radius 3 is 2.68 bits per heavy atom. The molecule has 25 heavy (non-hydrogen) atoms. The number of rotatable bonds is 5. The highest BCUT2D eigenvalue weighted by Gasteiger charge is 2.37. The Kier molecular flexibility index (Phi) is 5.06. The van der Waals surface area contributed by atoms with E-state index in [1.807, 2.05) is 31.3 Å². The van der Waals surface area contributed by atoms with Gasteiger partial charge in [0.25, 0.3) is 5.91 Å². The number of hydrogen-bond acceptors (Lipinski definition) is 5. The topological polar surface area (TPSA) is 70.8 Å². The van der Waals surface area contributed by atoms with Gasteiger partial charge < -0.3 is 19.3 Å². The normalized spacial score (nSPS) is 20.3. The molecule has 3 rings (SSSR count). The fourth-order valence-electron chi connectivity index (χ4n) is 3.22. The summed E-state index contributed by atoms with van der Waals surface area (Å²) in [4.78, 5) is 20.4. The second kappa shape index (κ2) is 7.25. The lowest BCUT2D eigenvalue weighted by atomic mass is 10.1. The third kappa shape index (κ3) is 3.67. The van der Waals surface area contributed by atoms with Gasteiger partial charge in [-0.25, -0.2) is 4.98 Å². The third-order valence-corrected chi connectivity index (χ3v) is 4.72. The second-order valence-corrected chi connectivity index (χ2v) is 6.47. The van der Waals surface area contributed by atoms with Crippen LogP contribution in [0.3, 0.4) is 0 Å². The maximum atomic E-state index is 12.6. The zero-order valence-electron chi connectivity index (χ0n) is 14.8. The molecule has 2 aromatic rings. The Morgan fingerprint density at radius 2 is 2.08 bits per heavy atom. The molecule has 0 saturated carbocycles. The average Bonchev–Trinajstić information content (AvgIpc) is 3.20. The van der Waals surface area contributed by atoms with E-state index >= 15 is 0 Å². The van der Waals surface area contributed by atoms with Gasteiger partial charge in [0.05, 0.1) is 19.3 Å². The lowest BCUT2D eigenvalue weighted by Crippen LogP contribution is -2.40. The number of methoxy groups -OCH3 is 1. The number of β-amino-alcohol motifs (C(OH)–C–C–N with tert-alkyl or cyclic N) is 1. The van der Waals surface area contributed by atoms with Crippen LogP contribution in [-0.4, -0.2) is 69.8 Å². The van der Waals surface area contributed by atoms with Crippen molar-refractivity contribution in [2.45, 2.75) is 18.7 Å². The van der Waals surface area contributed by atoms with Crippen LogP contribution in [0, 0.1) is 0 Å². The molecule has 1 N–H and O–H groups in total. The molecule has 2 atom stereocenters. The number of aromatic nitrogens is 2. The molecule has 1 aromatic carbocycles. The van der Waals surface area contributed by atoms with E-state index in [1.165, 1.54) is 0 Å². The highest BCUT2D eigenvalue weighted by Crippen LogP contribution is 2.20. The van der Waals surface area contributed by atoms with Gasteiger partial charge in [0, 0.05) is 39.1 Å². The first-order chi connectivity index (χ1) is 12.0. The van der Waals surface area contributed by atoms with E-state index in [0.717, 1.165) is 11.3 Å². The van der Waals surface area contributed by atoms with Gasteiger partial charge in [-0.15, -0.1) is 0 Å². The number of likely N-dealkylation sites (tertiary alicyclic amines) is 1. The molecule has 1 saturated heterocycles. The van der Waals surface area contributed by atoms with Crippen LogP contribution in [-0.2, 0) is 13.6 Å². The Bertz CT molecular complexity index is 728. The van der Waals surface area contributed by atoms with Crippen LogP contribution in [0.4, 0.5) is 0 Å². The maximum Gasteiger partial charge on any atom is 0.289 e. The van der Waals surface area contributed by atoms with Gasteiger partial charge in [-0.2, -0.15) is 0 Å². The number of aliphatic hydroxyl groups excluding tert-OH is 1. The minimum absolute atomic E-state index is 0.105. The standard InChI is InChI=1S/C18H24N4O3/c1-20-9-8-19-17(20)18(24)22-11-15(16(23)12-22)21(2)10-13-4-6-14(25-3)7-5-13/h4-9,15-16,23H,10-12H2,1-3H3/t15-,16-/m1/s1. The smallest absolute Gasteiger partial charge is 0.289 e. The van der Waals surface area contributed by atoms with Crippen molar-refractivity contribution < 1.29 is 14.6 Å². The molecular formula is C18H24N4O3. The summed E-state index contributed by atoms with van der Waals surface area (Å²) in [6.45, 7) is 1.50. The minimum atomic E-state index is -0.576. The van der Waals surface area contributed by atoms with Crippen molar-refractivity contribution in [2.75, 3.05) is 27.2 Å². The lowest BCUT2D eigenvalue weighted by Gasteiger charge is -2.26.